The fourth-order valence-electron chi connectivity index (χ4n) is 1.86. The van der Waals surface area contributed by atoms with E-state index in [-0.39, 0.29) is 0 Å². The maximum absolute atomic E-state index is 11.1. The van der Waals surface area contributed by atoms with E-state index in [4.69, 9.17) is 14.6 Å². The van der Waals surface area contributed by atoms with Gasteiger partial charge < -0.3 is 30.1 Å². The SMILES string of the molecule is CC(=O)NC1C(O)[C@@H](O)C(CO)O[C@H]1OC(C)(C)S. The second-order valence-corrected chi connectivity index (χ2v) is 6.07. The summed E-state index contributed by atoms with van der Waals surface area (Å²) in [5.41, 5.74) is 0. The van der Waals surface area contributed by atoms with Crippen LogP contribution in [-0.4, -0.2) is 63.4 Å². The Morgan fingerprint density at radius 3 is 2.42 bits per heavy atom. The molecule has 8 heteroatoms. The molecule has 3 unspecified atom stereocenters. The molecule has 0 bridgehead atoms. The first-order chi connectivity index (χ1) is 8.65. The lowest BCUT2D eigenvalue weighted by Gasteiger charge is -2.43. The normalized spacial score (nSPS) is 36.1. The van der Waals surface area contributed by atoms with Crippen LogP contribution in [0.15, 0.2) is 0 Å². The van der Waals surface area contributed by atoms with Crippen molar-refractivity contribution in [1.29, 1.82) is 0 Å². The van der Waals surface area contributed by atoms with Crippen molar-refractivity contribution in [1.82, 2.24) is 5.32 Å². The Labute approximate surface area is 117 Å². The number of carbonyl (C=O) groups is 1. The lowest BCUT2D eigenvalue weighted by Crippen LogP contribution is -2.65. The minimum atomic E-state index is -1.32. The molecule has 0 aliphatic carbocycles. The Hall–Kier alpha value is -0.380. The molecule has 0 aromatic rings. The van der Waals surface area contributed by atoms with E-state index in [9.17, 15) is 15.0 Å². The molecule has 1 aliphatic heterocycles. The van der Waals surface area contributed by atoms with E-state index < -0.39 is 48.1 Å². The van der Waals surface area contributed by atoms with Crippen LogP contribution in [0, 0.1) is 0 Å². The Morgan fingerprint density at radius 1 is 1.42 bits per heavy atom. The molecule has 4 N–H and O–H groups in total. The van der Waals surface area contributed by atoms with Crippen molar-refractivity contribution < 1.29 is 29.6 Å². The molecule has 112 valence electrons. The minimum absolute atomic E-state index is 0.395. The number of nitrogens with one attached hydrogen (secondary N) is 1. The zero-order chi connectivity index (χ0) is 14.8. The minimum Gasteiger partial charge on any atom is -0.394 e. The number of carbonyl (C=O) groups excluding carboxylic acids is 1. The second-order valence-electron chi connectivity index (χ2n) is 5.00. The molecule has 1 fully saturated rings. The lowest BCUT2D eigenvalue weighted by molar-refractivity contribution is -0.282. The standard InChI is InChI=1S/C11H21NO6S/c1-5(14)12-7-9(16)8(15)6(4-13)17-10(7)18-11(2,3)19/h6-10,13,15-16,19H,4H2,1-3H3,(H,12,14)/t6?,7?,8-,9?,10-/m0/s1. The molecule has 0 spiro atoms. The Morgan fingerprint density at radius 2 is 2.00 bits per heavy atom. The third kappa shape index (κ3) is 4.59. The van der Waals surface area contributed by atoms with Gasteiger partial charge in [0.05, 0.1) is 6.61 Å². The van der Waals surface area contributed by atoms with E-state index in [2.05, 4.69) is 17.9 Å². The molecule has 0 radical (unpaired) electrons. The van der Waals surface area contributed by atoms with E-state index in [1.807, 2.05) is 0 Å². The summed E-state index contributed by atoms with van der Waals surface area (Å²) < 4.78 is 10.8. The Bertz CT molecular complexity index is 321. The van der Waals surface area contributed by atoms with Gasteiger partial charge in [-0.2, -0.15) is 0 Å². The van der Waals surface area contributed by atoms with E-state index in [0.717, 1.165) is 0 Å². The third-order valence-corrected chi connectivity index (χ3v) is 2.76. The van der Waals surface area contributed by atoms with Crippen LogP contribution < -0.4 is 5.32 Å². The van der Waals surface area contributed by atoms with Gasteiger partial charge in [0, 0.05) is 6.92 Å². The molecule has 1 heterocycles. The van der Waals surface area contributed by atoms with Gasteiger partial charge in [0.25, 0.3) is 0 Å². The van der Waals surface area contributed by atoms with Gasteiger partial charge in [0.1, 0.15) is 29.3 Å². The molecule has 1 aliphatic rings. The Kier molecular flexibility index (Phi) is 5.60. The van der Waals surface area contributed by atoms with Crippen molar-refractivity contribution in [3.05, 3.63) is 0 Å². The van der Waals surface area contributed by atoms with Crippen LogP contribution >= 0.6 is 12.6 Å². The summed E-state index contributed by atoms with van der Waals surface area (Å²) in [6, 6.07) is -0.943. The summed E-state index contributed by atoms with van der Waals surface area (Å²) >= 11 is 4.19. The number of hydrogen-bond acceptors (Lipinski definition) is 7. The van der Waals surface area contributed by atoms with Gasteiger partial charge in [-0.1, -0.05) is 0 Å². The first-order valence-electron chi connectivity index (χ1n) is 5.95. The van der Waals surface area contributed by atoms with Crippen molar-refractivity contribution >= 4 is 18.5 Å². The maximum atomic E-state index is 11.1. The number of rotatable bonds is 4. The van der Waals surface area contributed by atoms with E-state index in [1.54, 1.807) is 13.8 Å². The molecular weight excluding hydrogens is 274 g/mol. The highest BCUT2D eigenvalue weighted by atomic mass is 32.1. The highest BCUT2D eigenvalue weighted by molar-refractivity contribution is 7.81. The number of thiol groups is 1. The van der Waals surface area contributed by atoms with Gasteiger partial charge in [-0.3, -0.25) is 4.79 Å². The lowest BCUT2D eigenvalue weighted by atomic mass is 9.97. The maximum Gasteiger partial charge on any atom is 0.217 e. The van der Waals surface area contributed by atoms with E-state index in [1.165, 1.54) is 6.92 Å². The summed E-state index contributed by atoms with van der Waals surface area (Å²) in [6.07, 6.45) is -4.63. The van der Waals surface area contributed by atoms with Crippen molar-refractivity contribution in [2.24, 2.45) is 0 Å². The van der Waals surface area contributed by atoms with Crippen LogP contribution in [0.3, 0.4) is 0 Å². The van der Waals surface area contributed by atoms with Crippen LogP contribution in [0.25, 0.3) is 0 Å². The van der Waals surface area contributed by atoms with Crippen molar-refractivity contribution in [3.8, 4) is 0 Å². The van der Waals surface area contributed by atoms with Gasteiger partial charge in [0.15, 0.2) is 6.29 Å². The van der Waals surface area contributed by atoms with Crippen LogP contribution in [-0.2, 0) is 14.3 Å². The molecule has 1 saturated heterocycles. The quantitative estimate of drug-likeness (QED) is 0.323. The zero-order valence-electron chi connectivity index (χ0n) is 11.1. The highest BCUT2D eigenvalue weighted by Gasteiger charge is 2.46. The highest BCUT2D eigenvalue weighted by Crippen LogP contribution is 2.27. The molecule has 1 rings (SSSR count). The summed E-state index contributed by atoms with van der Waals surface area (Å²) in [4.78, 5) is 10.3. The fourth-order valence-corrected chi connectivity index (χ4v) is 1.96. The number of aliphatic hydroxyl groups excluding tert-OH is 3. The summed E-state index contributed by atoms with van der Waals surface area (Å²) in [5, 5.41) is 31.3. The molecule has 1 amide bonds. The first-order valence-corrected chi connectivity index (χ1v) is 6.40. The van der Waals surface area contributed by atoms with E-state index >= 15 is 0 Å². The number of amides is 1. The molecule has 19 heavy (non-hydrogen) atoms. The Balaban J connectivity index is 2.89. The molecule has 0 aromatic carbocycles. The first kappa shape index (κ1) is 16.7. The molecule has 5 atom stereocenters. The summed E-state index contributed by atoms with van der Waals surface area (Å²) in [6.45, 7) is 4.13. The average Bonchev–Trinajstić information content (AvgIpc) is 2.26. The predicted octanol–water partition coefficient (Wildman–Crippen LogP) is -1.39. The molecule has 7 nitrogen and oxygen atoms in total. The van der Waals surface area contributed by atoms with Gasteiger partial charge in [-0.15, -0.1) is 12.6 Å². The van der Waals surface area contributed by atoms with Crippen molar-refractivity contribution in [2.45, 2.75) is 56.3 Å². The second kappa shape index (κ2) is 6.38. The number of hydrogen-bond donors (Lipinski definition) is 5. The van der Waals surface area contributed by atoms with Crippen LogP contribution in [0.1, 0.15) is 20.8 Å². The topological polar surface area (TPSA) is 108 Å². The smallest absolute Gasteiger partial charge is 0.217 e. The molecule has 0 aromatic heterocycles. The summed E-state index contributed by atoms with van der Waals surface area (Å²) in [5.74, 6) is -0.395. The molecule has 0 saturated carbocycles. The summed E-state index contributed by atoms with van der Waals surface area (Å²) in [7, 11) is 0. The zero-order valence-corrected chi connectivity index (χ0v) is 12.0. The van der Waals surface area contributed by atoms with Crippen LogP contribution in [0.5, 0.6) is 0 Å². The van der Waals surface area contributed by atoms with Crippen LogP contribution in [0.4, 0.5) is 0 Å². The largest absolute Gasteiger partial charge is 0.394 e. The van der Waals surface area contributed by atoms with Crippen LogP contribution in [0.2, 0.25) is 0 Å². The fraction of sp³-hybridized carbons (Fsp3) is 0.909. The average molecular weight is 295 g/mol. The third-order valence-electron chi connectivity index (χ3n) is 2.66. The van der Waals surface area contributed by atoms with Crippen molar-refractivity contribution in [2.75, 3.05) is 6.61 Å². The monoisotopic (exact) mass is 295 g/mol. The van der Waals surface area contributed by atoms with Gasteiger partial charge >= 0.3 is 0 Å². The van der Waals surface area contributed by atoms with Gasteiger partial charge in [0.2, 0.25) is 5.91 Å². The predicted molar refractivity (Wildman–Crippen MR) is 69.5 cm³/mol. The number of ether oxygens (including phenoxy) is 2. The van der Waals surface area contributed by atoms with Crippen molar-refractivity contribution in [3.63, 3.8) is 0 Å². The van der Waals surface area contributed by atoms with E-state index in [0.29, 0.717) is 0 Å². The van der Waals surface area contributed by atoms with Gasteiger partial charge in [-0.25, -0.2) is 0 Å². The molecular formula is C11H21NO6S. The van der Waals surface area contributed by atoms with Gasteiger partial charge in [-0.05, 0) is 13.8 Å². The number of aliphatic hydroxyl groups is 3.